The van der Waals surface area contributed by atoms with E-state index < -0.39 is 0 Å². The molecule has 1 heterocycles. The lowest BCUT2D eigenvalue weighted by Crippen LogP contribution is -1.98. The van der Waals surface area contributed by atoms with Crippen molar-refractivity contribution >= 4 is 17.1 Å². The molecule has 1 aliphatic heterocycles. The number of ether oxygens (including phenoxy) is 2. The summed E-state index contributed by atoms with van der Waals surface area (Å²) in [7, 11) is 0. The van der Waals surface area contributed by atoms with Gasteiger partial charge in [-0.2, -0.15) is 0 Å². The topological polar surface area (TPSA) is 56.5 Å². The van der Waals surface area contributed by atoms with E-state index in [9.17, 15) is 4.39 Å². The van der Waals surface area contributed by atoms with Gasteiger partial charge in [0.05, 0.1) is 11.4 Å². The Balaban J connectivity index is 1.95. The van der Waals surface area contributed by atoms with E-state index in [0.29, 0.717) is 17.1 Å². The number of aryl methyl sites for hydroxylation is 1. The molecule has 19 heavy (non-hydrogen) atoms. The van der Waals surface area contributed by atoms with E-state index in [0.717, 1.165) is 17.0 Å². The summed E-state index contributed by atoms with van der Waals surface area (Å²) in [5.41, 5.74) is 8.63. The lowest BCUT2D eigenvalue weighted by molar-refractivity contribution is 0.174. The van der Waals surface area contributed by atoms with E-state index >= 15 is 0 Å². The van der Waals surface area contributed by atoms with Gasteiger partial charge in [-0.25, -0.2) is 4.39 Å². The molecule has 0 spiro atoms. The van der Waals surface area contributed by atoms with E-state index in [-0.39, 0.29) is 12.6 Å². The fourth-order valence-corrected chi connectivity index (χ4v) is 1.97. The van der Waals surface area contributed by atoms with Gasteiger partial charge in [0.25, 0.3) is 0 Å². The summed E-state index contributed by atoms with van der Waals surface area (Å²) in [5.74, 6) is 1.06. The molecule has 0 atom stereocenters. The molecule has 0 fully saturated rings. The van der Waals surface area contributed by atoms with Crippen LogP contribution in [0.15, 0.2) is 30.3 Å². The Morgan fingerprint density at radius 3 is 2.58 bits per heavy atom. The number of nitrogen functional groups attached to an aromatic ring is 1. The highest BCUT2D eigenvalue weighted by Crippen LogP contribution is 2.38. The molecule has 98 valence electrons. The van der Waals surface area contributed by atoms with Crippen LogP contribution in [-0.4, -0.2) is 6.79 Å². The molecule has 0 aromatic heterocycles. The summed E-state index contributed by atoms with van der Waals surface area (Å²) >= 11 is 0. The van der Waals surface area contributed by atoms with Crippen LogP contribution in [0, 0.1) is 12.7 Å². The molecule has 0 aliphatic carbocycles. The molecular weight excluding hydrogens is 247 g/mol. The maximum Gasteiger partial charge on any atom is 0.231 e. The zero-order chi connectivity index (χ0) is 13.4. The van der Waals surface area contributed by atoms with Gasteiger partial charge >= 0.3 is 0 Å². The van der Waals surface area contributed by atoms with Crippen molar-refractivity contribution in [2.75, 3.05) is 17.8 Å². The van der Waals surface area contributed by atoms with E-state index in [2.05, 4.69) is 5.32 Å². The SMILES string of the molecule is Cc1cc2c(cc1Nc1ccc(F)cc1N)OCO2. The second-order valence-electron chi connectivity index (χ2n) is 4.38. The summed E-state index contributed by atoms with van der Waals surface area (Å²) in [6, 6.07) is 7.99. The number of hydrogen-bond acceptors (Lipinski definition) is 4. The Morgan fingerprint density at radius 2 is 1.84 bits per heavy atom. The Bertz CT molecular complexity index is 644. The minimum absolute atomic E-state index is 0.233. The minimum Gasteiger partial charge on any atom is -0.454 e. The standard InChI is InChI=1S/C14H13FN2O2/c1-8-4-13-14(19-7-18-13)6-12(8)17-11-3-2-9(15)5-10(11)16/h2-6,17H,7,16H2,1H3. The van der Waals surface area contributed by atoms with Crippen LogP contribution in [0.5, 0.6) is 11.5 Å². The van der Waals surface area contributed by atoms with Gasteiger partial charge in [0, 0.05) is 11.8 Å². The summed E-state index contributed by atoms with van der Waals surface area (Å²) in [6.07, 6.45) is 0. The second kappa shape index (κ2) is 4.35. The molecule has 2 aromatic rings. The summed E-state index contributed by atoms with van der Waals surface area (Å²) in [5, 5.41) is 3.17. The van der Waals surface area contributed by atoms with Crippen molar-refractivity contribution in [3.8, 4) is 11.5 Å². The first-order valence-electron chi connectivity index (χ1n) is 5.86. The molecule has 5 heteroatoms. The van der Waals surface area contributed by atoms with Crippen molar-refractivity contribution in [2.45, 2.75) is 6.92 Å². The molecule has 0 bridgehead atoms. The summed E-state index contributed by atoms with van der Waals surface area (Å²) < 4.78 is 23.6. The average molecular weight is 260 g/mol. The Morgan fingerprint density at radius 1 is 1.11 bits per heavy atom. The van der Waals surface area contributed by atoms with Crippen LogP contribution in [0.1, 0.15) is 5.56 Å². The number of nitrogens with one attached hydrogen (secondary N) is 1. The molecule has 3 N–H and O–H groups in total. The van der Waals surface area contributed by atoms with Crippen LogP contribution < -0.4 is 20.5 Å². The third kappa shape index (κ3) is 2.14. The van der Waals surface area contributed by atoms with Crippen LogP contribution in [0.2, 0.25) is 0 Å². The number of fused-ring (bicyclic) bond motifs is 1. The maximum absolute atomic E-state index is 13.0. The summed E-state index contributed by atoms with van der Waals surface area (Å²) in [6.45, 7) is 2.18. The smallest absolute Gasteiger partial charge is 0.231 e. The molecule has 1 aliphatic rings. The van der Waals surface area contributed by atoms with Gasteiger partial charge in [0.1, 0.15) is 5.82 Å². The molecule has 0 saturated carbocycles. The first-order valence-corrected chi connectivity index (χ1v) is 5.86. The van der Waals surface area contributed by atoms with Crippen LogP contribution in [-0.2, 0) is 0 Å². The van der Waals surface area contributed by atoms with Crippen LogP contribution in [0.4, 0.5) is 21.5 Å². The van der Waals surface area contributed by atoms with Crippen LogP contribution in [0.3, 0.4) is 0 Å². The molecular formula is C14H13FN2O2. The number of hydrogen-bond donors (Lipinski definition) is 2. The average Bonchev–Trinajstić information content (AvgIpc) is 2.80. The van der Waals surface area contributed by atoms with Crippen molar-refractivity contribution in [1.82, 2.24) is 0 Å². The molecule has 2 aromatic carbocycles. The highest BCUT2D eigenvalue weighted by Gasteiger charge is 2.16. The van der Waals surface area contributed by atoms with E-state index in [4.69, 9.17) is 15.2 Å². The van der Waals surface area contributed by atoms with Gasteiger partial charge in [-0.1, -0.05) is 0 Å². The summed E-state index contributed by atoms with van der Waals surface area (Å²) in [4.78, 5) is 0. The van der Waals surface area contributed by atoms with Gasteiger partial charge in [0.15, 0.2) is 11.5 Å². The predicted octanol–water partition coefficient (Wildman–Crippen LogP) is 3.19. The Hall–Kier alpha value is -2.43. The third-order valence-electron chi connectivity index (χ3n) is 3.00. The van der Waals surface area contributed by atoms with E-state index in [1.165, 1.54) is 12.1 Å². The molecule has 0 unspecified atom stereocenters. The molecule has 0 saturated heterocycles. The van der Waals surface area contributed by atoms with E-state index in [1.54, 1.807) is 6.07 Å². The van der Waals surface area contributed by atoms with Crippen LogP contribution >= 0.6 is 0 Å². The molecule has 0 radical (unpaired) electrons. The molecule has 3 rings (SSSR count). The first kappa shape index (κ1) is 11.6. The minimum atomic E-state index is -0.356. The fraction of sp³-hybridized carbons (Fsp3) is 0.143. The van der Waals surface area contributed by atoms with Crippen molar-refractivity contribution in [1.29, 1.82) is 0 Å². The third-order valence-corrected chi connectivity index (χ3v) is 3.00. The number of halogens is 1. The predicted molar refractivity (Wildman–Crippen MR) is 71.4 cm³/mol. The normalized spacial score (nSPS) is 12.5. The highest BCUT2D eigenvalue weighted by molar-refractivity contribution is 5.75. The Labute approximate surface area is 109 Å². The van der Waals surface area contributed by atoms with E-state index in [1.807, 2.05) is 19.1 Å². The number of nitrogens with two attached hydrogens (primary N) is 1. The van der Waals surface area contributed by atoms with Crippen molar-refractivity contribution in [3.63, 3.8) is 0 Å². The van der Waals surface area contributed by atoms with Crippen molar-refractivity contribution in [2.24, 2.45) is 0 Å². The van der Waals surface area contributed by atoms with Gasteiger partial charge in [0.2, 0.25) is 6.79 Å². The lowest BCUT2D eigenvalue weighted by Gasteiger charge is -2.12. The lowest BCUT2D eigenvalue weighted by atomic mass is 10.1. The zero-order valence-corrected chi connectivity index (χ0v) is 10.4. The fourth-order valence-electron chi connectivity index (χ4n) is 1.97. The number of rotatable bonds is 2. The van der Waals surface area contributed by atoms with Gasteiger partial charge < -0.3 is 20.5 Å². The molecule has 4 nitrogen and oxygen atoms in total. The largest absolute Gasteiger partial charge is 0.454 e. The second-order valence-corrected chi connectivity index (χ2v) is 4.38. The van der Waals surface area contributed by atoms with Gasteiger partial charge in [-0.3, -0.25) is 0 Å². The number of anilines is 3. The molecule has 0 amide bonds. The maximum atomic E-state index is 13.0. The van der Waals surface area contributed by atoms with Gasteiger partial charge in [-0.15, -0.1) is 0 Å². The van der Waals surface area contributed by atoms with Crippen molar-refractivity contribution < 1.29 is 13.9 Å². The Kier molecular flexibility index (Phi) is 2.67. The zero-order valence-electron chi connectivity index (χ0n) is 10.4. The van der Waals surface area contributed by atoms with Gasteiger partial charge in [-0.05, 0) is 36.8 Å². The van der Waals surface area contributed by atoms with Crippen LogP contribution in [0.25, 0.3) is 0 Å². The van der Waals surface area contributed by atoms with Crippen molar-refractivity contribution in [3.05, 3.63) is 41.7 Å². The highest BCUT2D eigenvalue weighted by atomic mass is 19.1. The monoisotopic (exact) mass is 260 g/mol. The quantitative estimate of drug-likeness (QED) is 0.814. The first-order chi connectivity index (χ1) is 9.13. The number of benzene rings is 2.